The molecule has 0 bridgehead atoms. The molecular formula is C14H20ClNO. The van der Waals surface area contributed by atoms with Gasteiger partial charge in [-0.3, -0.25) is 0 Å². The van der Waals surface area contributed by atoms with Crippen molar-refractivity contribution in [1.29, 1.82) is 0 Å². The number of nitrogens with one attached hydrogen (secondary N) is 1. The van der Waals surface area contributed by atoms with E-state index >= 15 is 0 Å². The molecule has 1 N–H and O–H groups in total. The lowest BCUT2D eigenvalue weighted by Gasteiger charge is -2.21. The molecule has 0 aromatic heterocycles. The van der Waals surface area contributed by atoms with E-state index in [0.717, 1.165) is 25.3 Å². The van der Waals surface area contributed by atoms with Crippen LogP contribution in [0.5, 0.6) is 5.75 Å². The Morgan fingerprint density at radius 2 is 2.12 bits per heavy atom. The second kappa shape index (κ2) is 4.87. The third kappa shape index (κ3) is 3.14. The van der Waals surface area contributed by atoms with Crippen LogP contribution in [-0.4, -0.2) is 19.2 Å². The maximum Gasteiger partial charge on any atom is 0.138 e. The molecule has 1 aromatic rings. The first-order valence-electron chi connectivity index (χ1n) is 6.14. The van der Waals surface area contributed by atoms with Gasteiger partial charge in [-0.2, -0.15) is 0 Å². The number of rotatable bonds is 2. The molecule has 1 saturated heterocycles. The summed E-state index contributed by atoms with van der Waals surface area (Å²) in [7, 11) is 0. The number of ether oxygens (including phenoxy) is 1. The number of benzene rings is 1. The van der Waals surface area contributed by atoms with Crippen LogP contribution in [0.1, 0.15) is 32.8 Å². The van der Waals surface area contributed by atoms with E-state index < -0.39 is 0 Å². The van der Waals surface area contributed by atoms with Crippen LogP contribution >= 0.6 is 11.6 Å². The van der Waals surface area contributed by atoms with Crippen molar-refractivity contribution in [2.75, 3.05) is 13.1 Å². The van der Waals surface area contributed by atoms with Crippen molar-refractivity contribution in [2.45, 2.75) is 38.7 Å². The molecule has 1 heterocycles. The van der Waals surface area contributed by atoms with Crippen molar-refractivity contribution in [3.63, 3.8) is 0 Å². The normalized spacial score (nSPS) is 20.6. The number of hydrogen-bond donors (Lipinski definition) is 1. The fraction of sp³-hybridized carbons (Fsp3) is 0.571. The summed E-state index contributed by atoms with van der Waals surface area (Å²) in [5.41, 5.74) is 1.36. The predicted molar refractivity (Wildman–Crippen MR) is 72.1 cm³/mol. The van der Waals surface area contributed by atoms with Crippen LogP contribution in [0.15, 0.2) is 18.2 Å². The second-order valence-electron chi connectivity index (χ2n) is 5.63. The van der Waals surface area contributed by atoms with Gasteiger partial charge in [0, 0.05) is 6.54 Å². The van der Waals surface area contributed by atoms with Gasteiger partial charge in [0.2, 0.25) is 0 Å². The van der Waals surface area contributed by atoms with Gasteiger partial charge in [0.05, 0.1) is 5.02 Å². The van der Waals surface area contributed by atoms with Crippen LogP contribution in [-0.2, 0) is 5.41 Å². The minimum absolute atomic E-state index is 0.122. The Morgan fingerprint density at radius 1 is 1.35 bits per heavy atom. The molecule has 17 heavy (non-hydrogen) atoms. The first-order valence-corrected chi connectivity index (χ1v) is 6.52. The van der Waals surface area contributed by atoms with Crippen LogP contribution in [0, 0.1) is 0 Å². The fourth-order valence-electron chi connectivity index (χ4n) is 1.97. The Balaban J connectivity index is 2.14. The van der Waals surface area contributed by atoms with Crippen molar-refractivity contribution in [2.24, 2.45) is 0 Å². The molecule has 0 aliphatic carbocycles. The van der Waals surface area contributed by atoms with E-state index in [1.165, 1.54) is 5.56 Å². The summed E-state index contributed by atoms with van der Waals surface area (Å²) in [6, 6.07) is 6.10. The maximum absolute atomic E-state index is 6.27. The molecule has 0 radical (unpaired) electrons. The lowest BCUT2D eigenvalue weighted by molar-refractivity contribution is 0.223. The van der Waals surface area contributed by atoms with E-state index in [4.69, 9.17) is 16.3 Å². The lowest BCUT2D eigenvalue weighted by Crippen LogP contribution is -2.20. The van der Waals surface area contributed by atoms with Crippen LogP contribution in [0.2, 0.25) is 5.02 Å². The predicted octanol–water partition coefficient (Wildman–Crippen LogP) is 3.38. The Morgan fingerprint density at radius 3 is 2.65 bits per heavy atom. The molecule has 0 unspecified atom stereocenters. The molecule has 0 spiro atoms. The highest BCUT2D eigenvalue weighted by Crippen LogP contribution is 2.32. The van der Waals surface area contributed by atoms with Gasteiger partial charge in [0.1, 0.15) is 11.9 Å². The van der Waals surface area contributed by atoms with Crippen molar-refractivity contribution < 1.29 is 4.74 Å². The highest BCUT2D eigenvalue weighted by atomic mass is 35.5. The topological polar surface area (TPSA) is 21.3 Å². The minimum Gasteiger partial charge on any atom is -0.487 e. The summed E-state index contributed by atoms with van der Waals surface area (Å²) in [6.07, 6.45) is 1.31. The quantitative estimate of drug-likeness (QED) is 0.873. The van der Waals surface area contributed by atoms with Crippen molar-refractivity contribution in [3.05, 3.63) is 28.8 Å². The largest absolute Gasteiger partial charge is 0.487 e. The van der Waals surface area contributed by atoms with Gasteiger partial charge >= 0.3 is 0 Å². The van der Waals surface area contributed by atoms with Gasteiger partial charge in [-0.05, 0) is 36.1 Å². The molecule has 1 aliphatic rings. The number of halogens is 1. The lowest BCUT2D eigenvalue weighted by atomic mass is 9.87. The molecule has 1 aromatic carbocycles. The highest BCUT2D eigenvalue weighted by molar-refractivity contribution is 6.32. The van der Waals surface area contributed by atoms with Gasteiger partial charge < -0.3 is 10.1 Å². The zero-order valence-corrected chi connectivity index (χ0v) is 11.5. The summed E-state index contributed by atoms with van der Waals surface area (Å²) in [4.78, 5) is 0. The SMILES string of the molecule is CC(C)(C)c1ccc(O[C@H]2CCNC2)c(Cl)c1. The molecule has 94 valence electrons. The summed E-state index contributed by atoms with van der Waals surface area (Å²) >= 11 is 6.27. The Hall–Kier alpha value is -0.730. The Labute approximate surface area is 108 Å². The van der Waals surface area contributed by atoms with Crippen LogP contribution in [0.25, 0.3) is 0 Å². The molecule has 0 saturated carbocycles. The third-order valence-corrected chi connectivity index (χ3v) is 3.40. The van der Waals surface area contributed by atoms with E-state index in [0.29, 0.717) is 5.02 Å². The average Bonchev–Trinajstić information content (AvgIpc) is 2.72. The fourth-order valence-corrected chi connectivity index (χ4v) is 2.20. The van der Waals surface area contributed by atoms with Crippen LogP contribution in [0.4, 0.5) is 0 Å². The molecule has 2 nitrogen and oxygen atoms in total. The highest BCUT2D eigenvalue weighted by Gasteiger charge is 2.19. The molecule has 1 fully saturated rings. The van der Waals surface area contributed by atoms with Crippen molar-refractivity contribution in [3.8, 4) is 5.75 Å². The van der Waals surface area contributed by atoms with Gasteiger partial charge in [-0.25, -0.2) is 0 Å². The molecule has 1 aliphatic heterocycles. The molecule has 3 heteroatoms. The zero-order valence-electron chi connectivity index (χ0n) is 10.7. The first kappa shape index (κ1) is 12.7. The molecule has 1 atom stereocenters. The monoisotopic (exact) mass is 253 g/mol. The van der Waals surface area contributed by atoms with E-state index in [2.05, 4.69) is 32.2 Å². The Kier molecular flexibility index (Phi) is 3.64. The van der Waals surface area contributed by atoms with E-state index in [-0.39, 0.29) is 11.5 Å². The van der Waals surface area contributed by atoms with Crippen molar-refractivity contribution >= 4 is 11.6 Å². The van der Waals surface area contributed by atoms with Crippen LogP contribution in [0.3, 0.4) is 0 Å². The van der Waals surface area contributed by atoms with Crippen molar-refractivity contribution in [1.82, 2.24) is 5.32 Å². The van der Waals surface area contributed by atoms with E-state index in [1.54, 1.807) is 0 Å². The second-order valence-corrected chi connectivity index (χ2v) is 6.04. The summed E-state index contributed by atoms with van der Waals surface area (Å²) in [6.45, 7) is 8.49. The van der Waals surface area contributed by atoms with Gasteiger partial charge in [-0.15, -0.1) is 0 Å². The average molecular weight is 254 g/mol. The maximum atomic E-state index is 6.27. The van der Waals surface area contributed by atoms with E-state index in [9.17, 15) is 0 Å². The standard InChI is InChI=1S/C14H20ClNO/c1-14(2,3)10-4-5-13(12(15)8-10)17-11-6-7-16-9-11/h4-5,8,11,16H,6-7,9H2,1-3H3/t11-/m0/s1. The van der Waals surface area contributed by atoms with Gasteiger partial charge in [0.15, 0.2) is 0 Å². The number of hydrogen-bond acceptors (Lipinski definition) is 2. The summed E-state index contributed by atoms with van der Waals surface area (Å²) in [5.74, 6) is 0.799. The Bertz CT molecular complexity index is 392. The summed E-state index contributed by atoms with van der Waals surface area (Å²) in [5, 5.41) is 3.99. The first-order chi connectivity index (χ1) is 7.97. The molecule has 0 amide bonds. The van der Waals surface area contributed by atoms with E-state index in [1.807, 2.05) is 12.1 Å². The van der Waals surface area contributed by atoms with Gasteiger partial charge in [-0.1, -0.05) is 38.4 Å². The minimum atomic E-state index is 0.122. The summed E-state index contributed by atoms with van der Waals surface area (Å²) < 4.78 is 5.88. The van der Waals surface area contributed by atoms with Gasteiger partial charge in [0.25, 0.3) is 0 Å². The smallest absolute Gasteiger partial charge is 0.138 e. The molecule has 2 rings (SSSR count). The van der Waals surface area contributed by atoms with Crippen LogP contribution < -0.4 is 10.1 Å². The third-order valence-electron chi connectivity index (χ3n) is 3.11. The molecular weight excluding hydrogens is 234 g/mol. The zero-order chi connectivity index (χ0) is 12.5.